The lowest BCUT2D eigenvalue weighted by molar-refractivity contribution is -0.483. The summed E-state index contributed by atoms with van der Waals surface area (Å²) in [6.45, 7) is -0.456. The highest BCUT2D eigenvalue weighted by Crippen LogP contribution is 2.29. The van der Waals surface area contributed by atoms with E-state index in [1.54, 1.807) is 18.2 Å². The van der Waals surface area contributed by atoms with Crippen LogP contribution in [0.4, 0.5) is 0 Å². The minimum atomic E-state index is -1.09. The Balaban J connectivity index is 3.12. The fourth-order valence-electron chi connectivity index (χ4n) is 1.74. The second-order valence-electron chi connectivity index (χ2n) is 3.96. The summed E-state index contributed by atoms with van der Waals surface area (Å²) >= 11 is 0. The maximum Gasteiger partial charge on any atom is 0.304 e. The van der Waals surface area contributed by atoms with E-state index in [2.05, 4.69) is 0 Å². The molecule has 104 valence electrons. The van der Waals surface area contributed by atoms with Gasteiger partial charge in [-0.1, -0.05) is 0 Å². The van der Waals surface area contributed by atoms with Crippen molar-refractivity contribution in [2.24, 2.45) is 0 Å². The van der Waals surface area contributed by atoms with Crippen molar-refractivity contribution in [3.8, 4) is 11.5 Å². The van der Waals surface area contributed by atoms with Crippen LogP contribution in [0.25, 0.3) is 0 Å². The van der Waals surface area contributed by atoms with Crippen LogP contribution in [0.15, 0.2) is 18.2 Å². The predicted molar refractivity (Wildman–Crippen MR) is 66.4 cm³/mol. The molecule has 0 radical (unpaired) electrons. The lowest BCUT2D eigenvalue weighted by Gasteiger charge is -2.14. The predicted octanol–water partition coefficient (Wildman–Crippen LogP) is 1.54. The van der Waals surface area contributed by atoms with Gasteiger partial charge in [0.05, 0.1) is 26.6 Å². The largest absolute Gasteiger partial charge is 0.497 e. The summed E-state index contributed by atoms with van der Waals surface area (Å²) in [4.78, 5) is 20.9. The molecule has 0 amide bonds. The number of carbonyl (C=O) groups is 1. The number of nitrogens with zero attached hydrogens (tertiary/aromatic N) is 1. The number of carboxylic acid groups (broad SMARTS) is 1. The van der Waals surface area contributed by atoms with Crippen LogP contribution in [0, 0.1) is 10.1 Å². The number of rotatable bonds is 7. The summed E-state index contributed by atoms with van der Waals surface area (Å²) in [5.41, 5.74) is 0.510. The summed E-state index contributed by atoms with van der Waals surface area (Å²) in [7, 11) is 2.91. The highest BCUT2D eigenvalue weighted by molar-refractivity contribution is 5.68. The molecule has 0 heterocycles. The fourth-order valence-corrected chi connectivity index (χ4v) is 1.74. The molecule has 1 aromatic carbocycles. The molecule has 0 spiro atoms. The first-order valence-corrected chi connectivity index (χ1v) is 5.52. The van der Waals surface area contributed by atoms with Gasteiger partial charge in [0.15, 0.2) is 0 Å². The molecule has 0 saturated carbocycles. The molecule has 1 aromatic rings. The molecule has 0 fully saturated rings. The summed E-state index contributed by atoms with van der Waals surface area (Å²) in [5, 5.41) is 19.4. The first kappa shape index (κ1) is 14.7. The molecule has 0 saturated heterocycles. The molecule has 0 aliphatic rings. The van der Waals surface area contributed by atoms with Gasteiger partial charge < -0.3 is 14.6 Å². The van der Waals surface area contributed by atoms with Crippen molar-refractivity contribution in [3.63, 3.8) is 0 Å². The van der Waals surface area contributed by atoms with Gasteiger partial charge in [-0.2, -0.15) is 0 Å². The molecule has 0 aliphatic heterocycles. The zero-order valence-electron chi connectivity index (χ0n) is 10.7. The first-order valence-electron chi connectivity index (χ1n) is 5.52. The van der Waals surface area contributed by atoms with E-state index in [0.717, 1.165) is 0 Å². The van der Waals surface area contributed by atoms with Crippen molar-refractivity contribution in [3.05, 3.63) is 33.9 Å². The summed E-state index contributed by atoms with van der Waals surface area (Å²) in [6.07, 6.45) is -0.322. The molecule has 1 unspecified atom stereocenters. The van der Waals surface area contributed by atoms with Gasteiger partial charge in [0.25, 0.3) is 0 Å². The van der Waals surface area contributed by atoms with Crippen LogP contribution in [0.3, 0.4) is 0 Å². The quantitative estimate of drug-likeness (QED) is 0.595. The Kier molecular flexibility index (Phi) is 5.11. The third-order valence-corrected chi connectivity index (χ3v) is 2.64. The van der Waals surface area contributed by atoms with Crippen molar-refractivity contribution >= 4 is 5.97 Å². The number of hydrogen-bond acceptors (Lipinski definition) is 5. The van der Waals surface area contributed by atoms with E-state index in [4.69, 9.17) is 14.6 Å². The molecule has 0 aliphatic carbocycles. The van der Waals surface area contributed by atoms with Crippen LogP contribution in [-0.2, 0) is 4.79 Å². The minimum absolute atomic E-state index is 0.322. The van der Waals surface area contributed by atoms with Crippen molar-refractivity contribution < 1.29 is 24.3 Å². The number of benzene rings is 1. The summed E-state index contributed by atoms with van der Waals surface area (Å²) in [5.74, 6) is -0.883. The van der Waals surface area contributed by atoms with Crippen LogP contribution >= 0.6 is 0 Å². The number of carboxylic acids is 1. The molecule has 1 rings (SSSR count). The molecular weight excluding hydrogens is 254 g/mol. The SMILES string of the molecule is COc1cc(OC)cc(C(CC(=O)O)C[N+](=O)[O-])c1. The fraction of sp³-hybridized carbons (Fsp3) is 0.417. The Morgan fingerprint density at radius 2 is 1.84 bits per heavy atom. The Hall–Kier alpha value is -2.31. The lowest BCUT2D eigenvalue weighted by Crippen LogP contribution is -2.16. The Bertz CT molecular complexity index is 435. The molecule has 7 heteroatoms. The highest BCUT2D eigenvalue weighted by Gasteiger charge is 2.22. The Morgan fingerprint density at radius 1 is 1.32 bits per heavy atom. The smallest absolute Gasteiger partial charge is 0.304 e. The molecule has 1 N–H and O–H groups in total. The van der Waals surface area contributed by atoms with Gasteiger partial charge in [-0.05, 0) is 17.7 Å². The van der Waals surface area contributed by atoms with E-state index in [1.807, 2.05) is 0 Å². The zero-order valence-corrected chi connectivity index (χ0v) is 10.7. The third-order valence-electron chi connectivity index (χ3n) is 2.64. The third kappa shape index (κ3) is 4.46. The second-order valence-corrected chi connectivity index (χ2v) is 3.96. The topological polar surface area (TPSA) is 98.9 Å². The molecule has 19 heavy (non-hydrogen) atoms. The summed E-state index contributed by atoms with van der Waals surface area (Å²) < 4.78 is 10.1. The molecular formula is C12H15NO6. The van der Waals surface area contributed by atoms with Crippen LogP contribution < -0.4 is 9.47 Å². The lowest BCUT2D eigenvalue weighted by atomic mass is 9.95. The van der Waals surface area contributed by atoms with E-state index in [9.17, 15) is 14.9 Å². The normalized spacial score (nSPS) is 11.7. The molecule has 0 aromatic heterocycles. The van der Waals surface area contributed by atoms with Gasteiger partial charge in [0, 0.05) is 11.0 Å². The maximum absolute atomic E-state index is 10.8. The Morgan fingerprint density at radius 3 is 2.21 bits per heavy atom. The first-order chi connectivity index (χ1) is 8.96. The number of methoxy groups -OCH3 is 2. The number of hydrogen-bond donors (Lipinski definition) is 1. The van der Waals surface area contributed by atoms with E-state index in [0.29, 0.717) is 17.1 Å². The van der Waals surface area contributed by atoms with E-state index >= 15 is 0 Å². The van der Waals surface area contributed by atoms with Gasteiger partial charge in [0.2, 0.25) is 6.54 Å². The molecule has 1 atom stereocenters. The number of ether oxygens (including phenoxy) is 2. The summed E-state index contributed by atoms with van der Waals surface area (Å²) in [6, 6.07) is 4.78. The van der Waals surface area contributed by atoms with Crippen molar-refractivity contribution in [2.45, 2.75) is 12.3 Å². The van der Waals surface area contributed by atoms with Gasteiger partial charge in [0.1, 0.15) is 11.5 Å². The van der Waals surface area contributed by atoms with Gasteiger partial charge in [-0.25, -0.2) is 0 Å². The maximum atomic E-state index is 10.8. The average molecular weight is 269 g/mol. The number of nitro groups is 1. The van der Waals surface area contributed by atoms with Crippen molar-refractivity contribution in [2.75, 3.05) is 20.8 Å². The van der Waals surface area contributed by atoms with Crippen LogP contribution in [0.5, 0.6) is 11.5 Å². The van der Waals surface area contributed by atoms with Crippen molar-refractivity contribution in [1.29, 1.82) is 0 Å². The standard InChI is InChI=1S/C12H15NO6/c1-18-10-3-8(4-11(6-10)19-2)9(5-12(14)15)7-13(16)17/h3-4,6,9H,5,7H2,1-2H3,(H,14,15). The van der Waals surface area contributed by atoms with Gasteiger partial charge >= 0.3 is 5.97 Å². The zero-order chi connectivity index (χ0) is 14.4. The average Bonchev–Trinajstić information content (AvgIpc) is 2.36. The van der Waals surface area contributed by atoms with Crippen LogP contribution in [0.2, 0.25) is 0 Å². The second kappa shape index (κ2) is 6.58. The minimum Gasteiger partial charge on any atom is -0.497 e. The monoisotopic (exact) mass is 269 g/mol. The Labute approximate surface area is 109 Å². The van der Waals surface area contributed by atoms with E-state index in [1.165, 1.54) is 14.2 Å². The van der Waals surface area contributed by atoms with Gasteiger partial charge in [-0.3, -0.25) is 14.9 Å². The molecule has 0 bridgehead atoms. The molecule has 7 nitrogen and oxygen atoms in total. The van der Waals surface area contributed by atoms with E-state index in [-0.39, 0.29) is 6.42 Å². The van der Waals surface area contributed by atoms with E-state index < -0.39 is 23.4 Å². The van der Waals surface area contributed by atoms with Crippen LogP contribution in [-0.4, -0.2) is 36.8 Å². The van der Waals surface area contributed by atoms with Crippen molar-refractivity contribution in [1.82, 2.24) is 0 Å². The van der Waals surface area contributed by atoms with Crippen LogP contribution in [0.1, 0.15) is 17.9 Å². The van der Waals surface area contributed by atoms with Gasteiger partial charge in [-0.15, -0.1) is 0 Å². The highest BCUT2D eigenvalue weighted by atomic mass is 16.6. The number of aliphatic carboxylic acids is 1.